The van der Waals surface area contributed by atoms with E-state index in [1.165, 1.54) is 111 Å². The van der Waals surface area contributed by atoms with Crippen molar-refractivity contribution < 1.29 is 0 Å². The predicted octanol–water partition coefficient (Wildman–Crippen LogP) is 30.4. The third-order valence-electron chi connectivity index (χ3n) is 26.5. The molecule has 0 N–H and O–H groups in total. The molecule has 0 bridgehead atoms. The summed E-state index contributed by atoms with van der Waals surface area (Å²) in [6.45, 7) is 24.0. The molecule has 16 aromatic rings. The molecule has 115 heavy (non-hydrogen) atoms. The van der Waals surface area contributed by atoms with Gasteiger partial charge in [-0.1, -0.05) is 312 Å². The lowest BCUT2D eigenvalue weighted by molar-refractivity contribution is 0.660. The van der Waals surface area contributed by atoms with Crippen LogP contribution in [0.1, 0.15) is 125 Å². The molecule has 0 saturated heterocycles. The van der Waals surface area contributed by atoms with Crippen molar-refractivity contribution in [2.75, 3.05) is 19.6 Å². The summed E-state index contributed by atoms with van der Waals surface area (Å²) in [5, 5.41) is 0. The van der Waals surface area contributed by atoms with Crippen LogP contribution in [0.25, 0.3) is 77.9 Å². The van der Waals surface area contributed by atoms with E-state index < -0.39 is 5.41 Å². The predicted molar refractivity (Wildman–Crippen MR) is 484 cm³/mol. The maximum atomic E-state index is 2.53. The van der Waals surface area contributed by atoms with Gasteiger partial charge in [0.1, 0.15) is 0 Å². The zero-order valence-electron chi connectivity index (χ0n) is 66.9. The van der Waals surface area contributed by atoms with Crippen LogP contribution in [0.5, 0.6) is 0 Å². The summed E-state index contributed by atoms with van der Waals surface area (Å²) in [5.41, 5.74) is 42.4. The molecule has 554 valence electrons. The number of fused-ring (bicyclic) bond motifs is 15. The van der Waals surface area contributed by atoms with Gasteiger partial charge in [-0.15, -0.1) is 0 Å². The summed E-state index contributed by atoms with van der Waals surface area (Å²) in [6.07, 6.45) is 0. The monoisotopic (exact) mass is 1480 g/mol. The van der Waals surface area contributed by atoms with Gasteiger partial charge in [-0.2, -0.15) is 0 Å². The molecule has 0 aliphatic heterocycles. The third-order valence-corrected chi connectivity index (χ3v) is 26.5. The summed E-state index contributed by atoms with van der Waals surface area (Å²) < 4.78 is 0. The summed E-state index contributed by atoms with van der Waals surface area (Å²) >= 11 is 0. The van der Waals surface area contributed by atoms with E-state index in [0.717, 1.165) is 90.5 Å². The van der Waals surface area contributed by atoms with Gasteiger partial charge in [0.25, 0.3) is 0 Å². The highest BCUT2D eigenvalue weighted by molar-refractivity contribution is 6.03. The Labute approximate surface area is 677 Å². The number of hydrogen-bond donors (Lipinski definition) is 0. The van der Waals surface area contributed by atoms with Crippen molar-refractivity contribution in [3.05, 3.63) is 420 Å². The van der Waals surface area contributed by atoms with Crippen molar-refractivity contribution in [2.45, 2.75) is 96.3 Å². The zero-order valence-corrected chi connectivity index (χ0v) is 66.9. The highest BCUT2D eigenvalue weighted by Gasteiger charge is 2.44. The molecule has 0 fully saturated rings. The third kappa shape index (κ3) is 10.6. The van der Waals surface area contributed by atoms with E-state index >= 15 is 0 Å². The molecule has 0 aromatic heterocycles. The molecular formula is C111H90N4. The van der Waals surface area contributed by atoms with E-state index in [9.17, 15) is 0 Å². The average Bonchev–Trinajstić information content (AvgIpc) is 1.62. The van der Waals surface area contributed by atoms with Crippen molar-refractivity contribution in [3.63, 3.8) is 0 Å². The Bertz CT molecular complexity index is 5900. The van der Waals surface area contributed by atoms with Crippen LogP contribution in [0.4, 0.5) is 68.2 Å². The first-order valence-electron chi connectivity index (χ1n) is 40.8. The van der Waals surface area contributed by atoms with Crippen LogP contribution < -0.4 is 19.6 Å². The number of anilines is 12. The van der Waals surface area contributed by atoms with Crippen LogP contribution in [0.3, 0.4) is 0 Å². The molecule has 0 amide bonds. The lowest BCUT2D eigenvalue weighted by atomic mass is 9.80. The SMILES string of the molecule is CC1(C)c2cc(-c3cc(N(c4ccccc4)c4cccc5c4-c4ccccc4C5(C)C)cc(N(c4ccccc4)c4cccc5c4-c4ccccc4C5(C)C)c3)ccc2-c2ccc(-c3cc(N(c4ccccc4)c4cccc5c4-c4ccccc4C5(C)C)cc(N(c4ccccc4)c4cccc5c4-c4ccccc4C5(C)C)c3)cc21. The second-order valence-corrected chi connectivity index (χ2v) is 34.8. The van der Waals surface area contributed by atoms with Gasteiger partial charge >= 0.3 is 0 Å². The van der Waals surface area contributed by atoms with Crippen LogP contribution >= 0.6 is 0 Å². The Morgan fingerprint density at radius 2 is 0.365 bits per heavy atom. The van der Waals surface area contributed by atoms with Gasteiger partial charge in [0.05, 0.1) is 22.7 Å². The number of para-hydroxylation sites is 4. The lowest BCUT2D eigenvalue weighted by Gasteiger charge is -2.33. The standard InChI is InChI=1S/C111H90N4/c1-107(2)89-47-27-23-43-85(89)103-93(107)51-31-55-99(103)112(75-35-15-11-16-36-75)79-63-73(64-80(69-79)113(76-37-17-12-18-38-76)100-56-32-52-94-104(100)86-44-24-28-48-90(86)108(94,3)4)71-59-61-83-84-62-60-72(68-98(84)111(9,10)97(83)67-71)74-65-81(114(77-39-19-13-20-40-77)101-57-33-53-95-105(101)87-45-25-29-49-91(87)109(95,5)6)70-82(66-74)115(78-41-21-14-22-42-78)102-58-34-54-96-106(102)88-46-26-30-50-92(88)110(96,7)8/h11-70H,1-10H3. The second kappa shape index (κ2) is 25.9. The zero-order chi connectivity index (χ0) is 78.0. The van der Waals surface area contributed by atoms with Crippen LogP contribution in [-0.2, 0) is 27.1 Å². The van der Waals surface area contributed by atoms with Crippen molar-refractivity contribution in [3.8, 4) is 77.9 Å². The lowest BCUT2D eigenvalue weighted by Crippen LogP contribution is -2.17. The van der Waals surface area contributed by atoms with E-state index in [-0.39, 0.29) is 21.7 Å². The van der Waals surface area contributed by atoms with Crippen molar-refractivity contribution in [1.82, 2.24) is 0 Å². The molecule has 0 atom stereocenters. The first kappa shape index (κ1) is 69.6. The van der Waals surface area contributed by atoms with E-state index in [4.69, 9.17) is 0 Å². The molecule has 0 unspecified atom stereocenters. The van der Waals surface area contributed by atoms with E-state index in [1.807, 2.05) is 0 Å². The summed E-state index contributed by atoms with van der Waals surface area (Å²) in [7, 11) is 0. The molecular weight excluding hydrogens is 1390 g/mol. The maximum Gasteiger partial charge on any atom is 0.0543 e. The molecule has 5 aliphatic carbocycles. The minimum absolute atomic E-state index is 0.211. The Morgan fingerprint density at radius 3 is 0.617 bits per heavy atom. The largest absolute Gasteiger partial charge is 0.310 e. The molecule has 0 saturated carbocycles. The minimum atomic E-state index is -0.430. The average molecular weight is 1480 g/mol. The molecule has 5 aliphatic rings. The molecule has 4 nitrogen and oxygen atoms in total. The minimum Gasteiger partial charge on any atom is -0.310 e. The quantitative estimate of drug-likeness (QED) is 0.108. The van der Waals surface area contributed by atoms with Gasteiger partial charge in [0.15, 0.2) is 0 Å². The number of rotatable bonds is 14. The molecule has 0 radical (unpaired) electrons. The van der Waals surface area contributed by atoms with Gasteiger partial charge in [0.2, 0.25) is 0 Å². The normalized spacial score (nSPS) is 14.9. The summed E-state index contributed by atoms with van der Waals surface area (Å²) in [4.78, 5) is 10.1. The van der Waals surface area contributed by atoms with Crippen LogP contribution in [-0.4, -0.2) is 0 Å². The summed E-state index contributed by atoms with van der Waals surface area (Å²) in [6, 6.07) is 138. The summed E-state index contributed by atoms with van der Waals surface area (Å²) in [5.74, 6) is 0. The maximum absolute atomic E-state index is 2.53. The number of benzene rings is 16. The van der Waals surface area contributed by atoms with Crippen LogP contribution in [0.2, 0.25) is 0 Å². The van der Waals surface area contributed by atoms with Gasteiger partial charge in [-0.3, -0.25) is 0 Å². The highest BCUT2D eigenvalue weighted by atomic mass is 15.2. The van der Waals surface area contributed by atoms with Crippen molar-refractivity contribution >= 4 is 68.2 Å². The fourth-order valence-corrected chi connectivity index (χ4v) is 20.8. The Morgan fingerprint density at radius 1 is 0.148 bits per heavy atom. The Hall–Kier alpha value is -13.3. The van der Waals surface area contributed by atoms with Crippen LogP contribution in [0.15, 0.2) is 364 Å². The molecule has 4 heteroatoms. The van der Waals surface area contributed by atoms with Gasteiger partial charge in [0, 0.05) is 94.8 Å². The first-order chi connectivity index (χ1) is 55.8. The molecule has 0 heterocycles. The fourth-order valence-electron chi connectivity index (χ4n) is 20.8. The van der Waals surface area contributed by atoms with E-state index in [1.54, 1.807) is 0 Å². The molecule has 16 aromatic carbocycles. The van der Waals surface area contributed by atoms with E-state index in [0.29, 0.717) is 0 Å². The van der Waals surface area contributed by atoms with E-state index in [2.05, 4.69) is 453 Å². The number of nitrogens with zero attached hydrogens (tertiary/aromatic N) is 4. The number of hydrogen-bond acceptors (Lipinski definition) is 4. The highest BCUT2D eigenvalue weighted by Crippen LogP contribution is 2.62. The van der Waals surface area contributed by atoms with Crippen molar-refractivity contribution in [2.24, 2.45) is 0 Å². The van der Waals surface area contributed by atoms with Gasteiger partial charge in [-0.05, 0) is 233 Å². The Kier molecular flexibility index (Phi) is 15.7. The Balaban J connectivity index is 0.763. The molecule has 0 spiro atoms. The van der Waals surface area contributed by atoms with Gasteiger partial charge in [-0.25, -0.2) is 0 Å². The van der Waals surface area contributed by atoms with Crippen LogP contribution in [0, 0.1) is 0 Å². The van der Waals surface area contributed by atoms with Crippen molar-refractivity contribution in [1.29, 1.82) is 0 Å². The van der Waals surface area contributed by atoms with Gasteiger partial charge < -0.3 is 19.6 Å². The topological polar surface area (TPSA) is 13.0 Å². The molecule has 21 rings (SSSR count). The second-order valence-electron chi connectivity index (χ2n) is 34.8. The smallest absolute Gasteiger partial charge is 0.0543 e. The first-order valence-corrected chi connectivity index (χ1v) is 40.8. The fraction of sp³-hybridized carbons (Fsp3) is 0.135.